The number of rotatable bonds is 6. The maximum absolute atomic E-state index is 12.9. The van der Waals surface area contributed by atoms with E-state index in [0.29, 0.717) is 47.6 Å². The van der Waals surface area contributed by atoms with Crippen molar-refractivity contribution in [3.05, 3.63) is 58.3 Å². The van der Waals surface area contributed by atoms with Gasteiger partial charge in [-0.25, -0.2) is 4.39 Å². The van der Waals surface area contributed by atoms with Gasteiger partial charge in [-0.15, -0.1) is 0 Å². The number of carbonyl (C=O) groups is 2. The van der Waals surface area contributed by atoms with Crippen LogP contribution in [-0.4, -0.2) is 60.4 Å². The van der Waals surface area contributed by atoms with Gasteiger partial charge in [-0.3, -0.25) is 19.4 Å². The molecule has 2 aromatic carbocycles. The molecule has 0 bridgehead atoms. The highest BCUT2D eigenvalue weighted by Gasteiger charge is 2.27. The fourth-order valence-corrected chi connectivity index (χ4v) is 3.75. The zero-order chi connectivity index (χ0) is 21.7. The van der Waals surface area contributed by atoms with Crippen LogP contribution in [0.3, 0.4) is 0 Å². The van der Waals surface area contributed by atoms with Crippen molar-refractivity contribution >= 4 is 46.4 Å². The summed E-state index contributed by atoms with van der Waals surface area (Å²) in [6.07, 6.45) is 0. The number of nitrogens with one attached hydrogen (secondary N) is 2. The minimum absolute atomic E-state index is 0.158. The van der Waals surface area contributed by atoms with Gasteiger partial charge in [-0.2, -0.15) is 0 Å². The summed E-state index contributed by atoms with van der Waals surface area (Å²) in [7, 11) is 0. The van der Waals surface area contributed by atoms with E-state index < -0.39 is 0 Å². The van der Waals surface area contributed by atoms with Gasteiger partial charge in [-0.1, -0.05) is 29.3 Å². The van der Waals surface area contributed by atoms with E-state index in [1.54, 1.807) is 18.2 Å². The first-order valence-electron chi connectivity index (χ1n) is 9.60. The molecule has 3 rings (SSSR count). The van der Waals surface area contributed by atoms with Gasteiger partial charge in [0.15, 0.2) is 0 Å². The molecule has 1 saturated heterocycles. The maximum Gasteiger partial charge on any atom is 0.241 e. The van der Waals surface area contributed by atoms with Crippen molar-refractivity contribution in [3.63, 3.8) is 0 Å². The molecule has 1 atom stereocenters. The van der Waals surface area contributed by atoms with Gasteiger partial charge in [0, 0.05) is 31.9 Å². The third-order valence-corrected chi connectivity index (χ3v) is 5.67. The first kappa shape index (κ1) is 22.5. The van der Waals surface area contributed by atoms with Crippen LogP contribution in [0.4, 0.5) is 15.8 Å². The summed E-state index contributed by atoms with van der Waals surface area (Å²) in [5.74, 6) is -0.694. The quantitative estimate of drug-likeness (QED) is 0.700. The predicted octanol–water partition coefficient (Wildman–Crippen LogP) is 3.72. The van der Waals surface area contributed by atoms with E-state index in [0.717, 1.165) is 0 Å². The number of halogens is 3. The largest absolute Gasteiger partial charge is 0.325 e. The van der Waals surface area contributed by atoms with Crippen molar-refractivity contribution in [3.8, 4) is 0 Å². The Hall–Kier alpha value is -2.19. The maximum atomic E-state index is 12.9. The van der Waals surface area contributed by atoms with E-state index in [4.69, 9.17) is 23.2 Å². The second-order valence-electron chi connectivity index (χ2n) is 7.13. The van der Waals surface area contributed by atoms with E-state index >= 15 is 0 Å². The molecule has 6 nitrogen and oxygen atoms in total. The summed E-state index contributed by atoms with van der Waals surface area (Å²) < 4.78 is 12.9. The normalized spacial score (nSPS) is 16.1. The van der Waals surface area contributed by atoms with Gasteiger partial charge in [0.2, 0.25) is 11.8 Å². The molecule has 1 aliphatic rings. The van der Waals surface area contributed by atoms with Crippen LogP contribution in [0.2, 0.25) is 10.0 Å². The molecule has 2 amide bonds. The number of amides is 2. The van der Waals surface area contributed by atoms with Crippen LogP contribution >= 0.6 is 23.2 Å². The fraction of sp³-hybridized carbons (Fsp3) is 0.333. The molecule has 9 heteroatoms. The molecule has 1 heterocycles. The Morgan fingerprint density at radius 2 is 1.60 bits per heavy atom. The van der Waals surface area contributed by atoms with E-state index in [1.165, 1.54) is 24.3 Å². The van der Waals surface area contributed by atoms with Gasteiger partial charge >= 0.3 is 0 Å². The molecule has 0 spiro atoms. The standard InChI is InChI=1S/C21H23Cl2FN4O2/c1-14(21(30)26-20-17(22)3-2-4-18(20)23)28-11-9-27(10-12-28)13-19(29)25-16-7-5-15(24)6-8-16/h2-8,14H,9-13H2,1H3,(H,25,29)(H,26,30). The number of piperazine rings is 1. The molecule has 0 radical (unpaired) electrons. The second kappa shape index (κ2) is 10.2. The second-order valence-corrected chi connectivity index (χ2v) is 7.94. The molecule has 2 N–H and O–H groups in total. The molecular formula is C21H23Cl2FN4O2. The van der Waals surface area contributed by atoms with Crippen molar-refractivity contribution in [2.75, 3.05) is 43.4 Å². The van der Waals surface area contributed by atoms with E-state index in [2.05, 4.69) is 15.5 Å². The lowest BCUT2D eigenvalue weighted by Gasteiger charge is -2.37. The summed E-state index contributed by atoms with van der Waals surface area (Å²) in [6, 6.07) is 10.3. The molecule has 30 heavy (non-hydrogen) atoms. The topological polar surface area (TPSA) is 64.7 Å². The Labute approximate surface area is 184 Å². The summed E-state index contributed by atoms with van der Waals surface area (Å²) in [6.45, 7) is 4.67. The number of nitrogens with zero attached hydrogens (tertiary/aromatic N) is 2. The van der Waals surface area contributed by atoms with Crippen LogP contribution in [0.15, 0.2) is 42.5 Å². The van der Waals surface area contributed by atoms with E-state index in [9.17, 15) is 14.0 Å². The monoisotopic (exact) mass is 452 g/mol. The number of anilines is 2. The molecule has 0 saturated carbocycles. The summed E-state index contributed by atoms with van der Waals surface area (Å²) >= 11 is 12.2. The Morgan fingerprint density at radius 3 is 2.20 bits per heavy atom. The highest BCUT2D eigenvalue weighted by Crippen LogP contribution is 2.30. The predicted molar refractivity (Wildman–Crippen MR) is 118 cm³/mol. The summed E-state index contributed by atoms with van der Waals surface area (Å²) in [4.78, 5) is 28.9. The van der Waals surface area contributed by atoms with Crippen LogP contribution in [0.1, 0.15) is 6.92 Å². The Balaban J connectivity index is 1.46. The minimum Gasteiger partial charge on any atom is -0.325 e. The first-order valence-corrected chi connectivity index (χ1v) is 10.4. The van der Waals surface area contributed by atoms with Crippen molar-refractivity contribution in [1.82, 2.24) is 9.80 Å². The molecule has 160 valence electrons. The molecule has 0 aromatic heterocycles. The smallest absolute Gasteiger partial charge is 0.241 e. The number of hydrogen-bond acceptors (Lipinski definition) is 4. The number of hydrogen-bond donors (Lipinski definition) is 2. The van der Waals surface area contributed by atoms with Crippen molar-refractivity contribution in [1.29, 1.82) is 0 Å². The molecule has 1 unspecified atom stereocenters. The third-order valence-electron chi connectivity index (χ3n) is 5.04. The van der Waals surface area contributed by atoms with Crippen LogP contribution in [0.5, 0.6) is 0 Å². The Morgan fingerprint density at radius 1 is 1.00 bits per heavy atom. The molecule has 2 aromatic rings. The first-order chi connectivity index (χ1) is 14.3. The van der Waals surface area contributed by atoms with Crippen LogP contribution in [0, 0.1) is 5.82 Å². The lowest BCUT2D eigenvalue weighted by molar-refractivity contribution is -0.122. The Kier molecular flexibility index (Phi) is 7.66. The summed E-state index contributed by atoms with van der Waals surface area (Å²) in [5.41, 5.74) is 0.970. The van der Waals surface area contributed by atoms with Crippen molar-refractivity contribution in [2.24, 2.45) is 0 Å². The third kappa shape index (κ3) is 5.92. The average molecular weight is 453 g/mol. The summed E-state index contributed by atoms with van der Waals surface area (Å²) in [5, 5.41) is 6.34. The lowest BCUT2D eigenvalue weighted by Crippen LogP contribution is -2.53. The highest BCUT2D eigenvalue weighted by molar-refractivity contribution is 6.39. The minimum atomic E-state index is -0.368. The molecular weight excluding hydrogens is 430 g/mol. The van der Waals surface area contributed by atoms with E-state index in [-0.39, 0.29) is 30.2 Å². The van der Waals surface area contributed by atoms with Crippen molar-refractivity contribution in [2.45, 2.75) is 13.0 Å². The van der Waals surface area contributed by atoms with Crippen molar-refractivity contribution < 1.29 is 14.0 Å². The molecule has 1 fully saturated rings. The zero-order valence-electron chi connectivity index (χ0n) is 16.5. The van der Waals surface area contributed by atoms with Crippen LogP contribution < -0.4 is 10.6 Å². The van der Waals surface area contributed by atoms with Gasteiger partial charge in [0.1, 0.15) is 5.82 Å². The lowest BCUT2D eigenvalue weighted by atomic mass is 10.2. The molecule has 0 aliphatic carbocycles. The van der Waals surface area contributed by atoms with Gasteiger partial charge < -0.3 is 10.6 Å². The average Bonchev–Trinajstić information content (AvgIpc) is 2.72. The number of benzene rings is 2. The number of carbonyl (C=O) groups excluding carboxylic acids is 2. The van der Waals surface area contributed by atoms with Gasteiger partial charge in [0.05, 0.1) is 28.3 Å². The van der Waals surface area contributed by atoms with Crippen LogP contribution in [0.25, 0.3) is 0 Å². The van der Waals surface area contributed by atoms with Gasteiger partial charge in [0.25, 0.3) is 0 Å². The zero-order valence-corrected chi connectivity index (χ0v) is 18.0. The highest BCUT2D eigenvalue weighted by atomic mass is 35.5. The van der Waals surface area contributed by atoms with E-state index in [1.807, 2.05) is 11.8 Å². The fourth-order valence-electron chi connectivity index (χ4n) is 3.26. The van der Waals surface area contributed by atoms with Gasteiger partial charge in [-0.05, 0) is 43.3 Å². The SMILES string of the molecule is CC(C(=O)Nc1c(Cl)cccc1Cl)N1CCN(CC(=O)Nc2ccc(F)cc2)CC1. The molecule has 1 aliphatic heterocycles. The Bertz CT molecular complexity index is 882. The van der Waals surface area contributed by atoms with Crippen LogP contribution in [-0.2, 0) is 9.59 Å². The number of para-hydroxylation sites is 1.